The molecule has 0 radical (unpaired) electrons. The summed E-state index contributed by atoms with van der Waals surface area (Å²) in [6, 6.07) is 10.4. The number of hydrogen-bond donors (Lipinski definition) is 1. The monoisotopic (exact) mass is 389 g/mol. The molecule has 0 unspecified atom stereocenters. The summed E-state index contributed by atoms with van der Waals surface area (Å²) in [4.78, 5) is 15.3. The van der Waals surface area contributed by atoms with Crippen LogP contribution in [0.4, 0.5) is 8.78 Å². The van der Waals surface area contributed by atoms with E-state index in [0.29, 0.717) is 16.9 Å². The lowest BCUT2D eigenvalue weighted by atomic mass is 9.99. The molecule has 0 bridgehead atoms. The number of aromatic carboxylic acids is 1. The Kier molecular flexibility index (Phi) is 5.37. The molecule has 0 fully saturated rings. The minimum Gasteiger partial charge on any atom is -0.497 e. The smallest absolute Gasteiger partial charge is 0.337 e. The van der Waals surface area contributed by atoms with Crippen LogP contribution in [0.2, 0.25) is 5.02 Å². The van der Waals surface area contributed by atoms with E-state index in [1.54, 1.807) is 24.3 Å². The van der Waals surface area contributed by atoms with Gasteiger partial charge in [-0.15, -0.1) is 0 Å². The molecule has 0 saturated heterocycles. The number of rotatable bonds is 5. The quantitative estimate of drug-likeness (QED) is 0.668. The van der Waals surface area contributed by atoms with Crippen LogP contribution in [0.1, 0.15) is 21.6 Å². The van der Waals surface area contributed by atoms with Gasteiger partial charge in [0.2, 0.25) is 0 Å². The summed E-state index contributed by atoms with van der Waals surface area (Å²) in [5.41, 5.74) is 0.501. The molecule has 138 valence electrons. The first-order chi connectivity index (χ1) is 12.9. The van der Waals surface area contributed by atoms with E-state index in [1.165, 1.54) is 31.5 Å². The van der Waals surface area contributed by atoms with Crippen LogP contribution in [0.15, 0.2) is 48.7 Å². The van der Waals surface area contributed by atoms with Crippen LogP contribution in [-0.4, -0.2) is 23.2 Å². The predicted molar refractivity (Wildman–Crippen MR) is 97.4 cm³/mol. The Hall–Kier alpha value is -2.99. The summed E-state index contributed by atoms with van der Waals surface area (Å²) in [5.74, 6) is -2.29. The van der Waals surface area contributed by atoms with Gasteiger partial charge >= 0.3 is 5.97 Å². The Morgan fingerprint density at radius 3 is 2.48 bits per heavy atom. The number of nitrogens with zero attached hydrogens (tertiary/aromatic N) is 1. The van der Waals surface area contributed by atoms with Crippen molar-refractivity contribution in [2.75, 3.05) is 7.11 Å². The van der Waals surface area contributed by atoms with E-state index >= 15 is 0 Å². The number of carbonyl (C=O) groups is 1. The number of halogens is 3. The van der Waals surface area contributed by atoms with E-state index in [9.17, 15) is 18.7 Å². The molecular weight excluding hydrogens is 376 g/mol. The highest BCUT2D eigenvalue weighted by molar-refractivity contribution is 6.30. The van der Waals surface area contributed by atoms with Crippen LogP contribution in [0.25, 0.3) is 11.1 Å². The van der Waals surface area contributed by atoms with Gasteiger partial charge in [-0.25, -0.2) is 13.6 Å². The lowest BCUT2D eigenvalue weighted by Crippen LogP contribution is -2.08. The Bertz CT molecular complexity index is 1000. The van der Waals surface area contributed by atoms with Crippen molar-refractivity contribution < 1.29 is 23.4 Å². The van der Waals surface area contributed by atoms with E-state index in [-0.39, 0.29) is 28.3 Å². The first kappa shape index (κ1) is 18.8. The van der Waals surface area contributed by atoms with Crippen LogP contribution >= 0.6 is 11.6 Å². The maximum atomic E-state index is 14.6. The summed E-state index contributed by atoms with van der Waals surface area (Å²) in [6.45, 7) is 0. The summed E-state index contributed by atoms with van der Waals surface area (Å²) >= 11 is 5.76. The van der Waals surface area contributed by atoms with Crippen molar-refractivity contribution in [3.8, 4) is 16.9 Å². The van der Waals surface area contributed by atoms with Gasteiger partial charge in [-0.3, -0.25) is 4.98 Å². The van der Waals surface area contributed by atoms with Gasteiger partial charge in [0.15, 0.2) is 0 Å². The summed E-state index contributed by atoms with van der Waals surface area (Å²) in [6.07, 6.45) is 0.929. The number of pyridine rings is 1. The van der Waals surface area contributed by atoms with Crippen molar-refractivity contribution in [3.63, 3.8) is 0 Å². The molecule has 4 nitrogen and oxygen atoms in total. The van der Waals surface area contributed by atoms with Gasteiger partial charge in [-0.05, 0) is 41.5 Å². The minimum absolute atomic E-state index is 0.0267. The van der Waals surface area contributed by atoms with Gasteiger partial charge in [0.1, 0.15) is 17.4 Å². The number of methoxy groups -OCH3 is 1. The lowest BCUT2D eigenvalue weighted by Gasteiger charge is -2.11. The fourth-order valence-electron chi connectivity index (χ4n) is 2.70. The third kappa shape index (κ3) is 4.06. The summed E-state index contributed by atoms with van der Waals surface area (Å²) < 4.78 is 34.3. The van der Waals surface area contributed by atoms with Crippen molar-refractivity contribution in [2.45, 2.75) is 6.42 Å². The Labute approximate surface area is 159 Å². The molecule has 0 amide bonds. The normalized spacial score (nSPS) is 10.7. The van der Waals surface area contributed by atoms with Crippen molar-refractivity contribution in [2.24, 2.45) is 0 Å². The second-order valence-electron chi connectivity index (χ2n) is 5.78. The molecule has 3 aromatic rings. The molecule has 1 N–H and O–H groups in total. The number of hydrogen-bond acceptors (Lipinski definition) is 3. The zero-order valence-electron chi connectivity index (χ0n) is 14.2. The molecular formula is C20H14ClF2NO3. The number of carboxylic acid groups (broad SMARTS) is 1. The van der Waals surface area contributed by atoms with Crippen molar-refractivity contribution in [1.82, 2.24) is 4.98 Å². The van der Waals surface area contributed by atoms with Crippen molar-refractivity contribution in [1.29, 1.82) is 0 Å². The van der Waals surface area contributed by atoms with Gasteiger partial charge in [-0.2, -0.15) is 0 Å². The van der Waals surface area contributed by atoms with Crippen LogP contribution in [0.5, 0.6) is 5.75 Å². The molecule has 0 atom stereocenters. The fourth-order valence-corrected chi connectivity index (χ4v) is 2.86. The average molecular weight is 390 g/mol. The maximum absolute atomic E-state index is 14.6. The third-order valence-electron chi connectivity index (χ3n) is 4.06. The predicted octanol–water partition coefficient (Wildman–Crippen LogP) is 4.98. The molecule has 0 aliphatic rings. The van der Waals surface area contributed by atoms with E-state index in [2.05, 4.69) is 4.98 Å². The average Bonchev–Trinajstić information content (AvgIpc) is 2.65. The second kappa shape index (κ2) is 7.72. The standard InChI is InChI=1S/C20H14ClF2NO3/c1-27-14-4-2-3-11(5-14)12-6-17(22)15(18(23)7-12)9-19-16(20(25)26)8-13(21)10-24-19/h2-8,10H,9H2,1H3,(H,25,26). The van der Waals surface area contributed by atoms with Crippen LogP contribution in [0.3, 0.4) is 0 Å². The third-order valence-corrected chi connectivity index (χ3v) is 4.26. The highest BCUT2D eigenvalue weighted by Gasteiger charge is 2.18. The SMILES string of the molecule is COc1cccc(-c2cc(F)c(Cc3ncc(Cl)cc3C(=O)O)c(F)c2)c1. The molecule has 1 heterocycles. The number of aromatic nitrogens is 1. The van der Waals surface area contributed by atoms with Crippen LogP contribution in [-0.2, 0) is 6.42 Å². The van der Waals surface area contributed by atoms with Crippen LogP contribution < -0.4 is 4.74 Å². The number of carboxylic acids is 1. The van der Waals surface area contributed by atoms with E-state index in [0.717, 1.165) is 0 Å². The Balaban J connectivity index is 2.00. The van der Waals surface area contributed by atoms with Crippen LogP contribution in [0, 0.1) is 11.6 Å². The number of ether oxygens (including phenoxy) is 1. The molecule has 27 heavy (non-hydrogen) atoms. The lowest BCUT2D eigenvalue weighted by molar-refractivity contribution is 0.0695. The largest absolute Gasteiger partial charge is 0.497 e. The Morgan fingerprint density at radius 1 is 1.15 bits per heavy atom. The van der Waals surface area contributed by atoms with Gasteiger partial charge in [0, 0.05) is 18.2 Å². The summed E-state index contributed by atoms with van der Waals surface area (Å²) in [5, 5.41) is 9.38. The molecule has 0 spiro atoms. The number of benzene rings is 2. The zero-order chi connectivity index (χ0) is 19.6. The fraction of sp³-hybridized carbons (Fsp3) is 0.100. The first-order valence-electron chi connectivity index (χ1n) is 7.89. The maximum Gasteiger partial charge on any atom is 0.337 e. The van der Waals surface area contributed by atoms with Gasteiger partial charge in [-0.1, -0.05) is 23.7 Å². The minimum atomic E-state index is -1.27. The van der Waals surface area contributed by atoms with E-state index in [4.69, 9.17) is 16.3 Å². The van der Waals surface area contributed by atoms with Gasteiger partial charge in [0.25, 0.3) is 0 Å². The van der Waals surface area contributed by atoms with E-state index < -0.39 is 17.6 Å². The molecule has 0 aliphatic heterocycles. The van der Waals surface area contributed by atoms with E-state index in [1.807, 2.05) is 0 Å². The molecule has 0 aliphatic carbocycles. The first-order valence-corrected chi connectivity index (χ1v) is 8.27. The Morgan fingerprint density at radius 2 is 1.85 bits per heavy atom. The molecule has 2 aromatic carbocycles. The molecule has 7 heteroatoms. The van der Waals surface area contributed by atoms with Gasteiger partial charge < -0.3 is 9.84 Å². The highest BCUT2D eigenvalue weighted by atomic mass is 35.5. The highest BCUT2D eigenvalue weighted by Crippen LogP contribution is 2.28. The second-order valence-corrected chi connectivity index (χ2v) is 6.22. The zero-order valence-corrected chi connectivity index (χ0v) is 14.9. The van der Waals surface area contributed by atoms with Crippen molar-refractivity contribution >= 4 is 17.6 Å². The molecule has 1 aromatic heterocycles. The van der Waals surface area contributed by atoms with Gasteiger partial charge in [0.05, 0.1) is 23.4 Å². The molecule has 3 rings (SSSR count). The topological polar surface area (TPSA) is 59.4 Å². The molecule has 0 saturated carbocycles. The van der Waals surface area contributed by atoms with Crippen molar-refractivity contribution in [3.05, 3.63) is 82.1 Å². The summed E-state index contributed by atoms with van der Waals surface area (Å²) in [7, 11) is 1.50.